The Bertz CT molecular complexity index is 956. The SMILES string of the molecule is Cn1nc(C(=O)NC2CCN(CCN3CCOCC3)CC2)c2ccc(N3CCCCCC3)nc21. The number of nitrogens with zero attached hydrogens (tertiary/aromatic N) is 6. The highest BCUT2D eigenvalue weighted by Crippen LogP contribution is 2.23. The van der Waals surface area contributed by atoms with Gasteiger partial charge in [-0.1, -0.05) is 12.8 Å². The number of piperidine rings is 1. The van der Waals surface area contributed by atoms with Crippen molar-refractivity contribution in [1.29, 1.82) is 0 Å². The van der Waals surface area contributed by atoms with Crippen molar-refractivity contribution in [3.05, 3.63) is 17.8 Å². The number of aromatic nitrogens is 3. The van der Waals surface area contributed by atoms with Crippen molar-refractivity contribution in [3.8, 4) is 0 Å². The fourth-order valence-corrected chi connectivity index (χ4v) is 5.43. The van der Waals surface area contributed by atoms with Gasteiger partial charge in [0.15, 0.2) is 11.3 Å². The Balaban J connectivity index is 1.16. The zero-order chi connectivity index (χ0) is 23.3. The number of pyridine rings is 1. The second-order valence-electron chi connectivity index (χ2n) is 9.96. The van der Waals surface area contributed by atoms with Crippen molar-refractivity contribution in [2.45, 2.75) is 44.6 Å². The van der Waals surface area contributed by atoms with Gasteiger partial charge in [0.2, 0.25) is 0 Å². The second-order valence-corrected chi connectivity index (χ2v) is 9.96. The van der Waals surface area contributed by atoms with Gasteiger partial charge < -0.3 is 19.9 Å². The van der Waals surface area contributed by atoms with Crippen LogP contribution in [0.1, 0.15) is 49.0 Å². The minimum atomic E-state index is -0.0818. The maximum absolute atomic E-state index is 13.1. The number of carbonyl (C=O) groups excluding carboxylic acids is 1. The molecule has 9 heteroatoms. The molecule has 0 bridgehead atoms. The minimum absolute atomic E-state index is 0.0818. The van der Waals surface area contributed by atoms with Gasteiger partial charge >= 0.3 is 0 Å². The van der Waals surface area contributed by atoms with Crippen LogP contribution in [0, 0.1) is 0 Å². The van der Waals surface area contributed by atoms with Crippen molar-refractivity contribution in [2.24, 2.45) is 7.05 Å². The monoisotopic (exact) mass is 469 g/mol. The summed E-state index contributed by atoms with van der Waals surface area (Å²) in [5, 5.41) is 8.63. The van der Waals surface area contributed by atoms with Crippen LogP contribution in [0.3, 0.4) is 0 Å². The summed E-state index contributed by atoms with van der Waals surface area (Å²) in [5.74, 6) is 0.912. The Morgan fingerprint density at radius 3 is 2.35 bits per heavy atom. The molecule has 2 aromatic heterocycles. The number of fused-ring (bicyclic) bond motifs is 1. The predicted octanol–water partition coefficient (Wildman–Crippen LogP) is 1.88. The molecule has 2 aromatic rings. The summed E-state index contributed by atoms with van der Waals surface area (Å²) in [6.07, 6.45) is 6.98. The first-order valence-electron chi connectivity index (χ1n) is 13.1. The zero-order valence-corrected chi connectivity index (χ0v) is 20.5. The second kappa shape index (κ2) is 11.0. The minimum Gasteiger partial charge on any atom is -0.379 e. The molecule has 5 heterocycles. The van der Waals surface area contributed by atoms with Crippen molar-refractivity contribution in [3.63, 3.8) is 0 Å². The Hall–Kier alpha value is -2.23. The molecule has 3 aliphatic rings. The number of carbonyl (C=O) groups is 1. The Morgan fingerprint density at radius 1 is 0.971 bits per heavy atom. The van der Waals surface area contributed by atoms with Crippen molar-refractivity contribution < 1.29 is 9.53 Å². The zero-order valence-electron chi connectivity index (χ0n) is 20.5. The smallest absolute Gasteiger partial charge is 0.272 e. The van der Waals surface area contributed by atoms with Crippen LogP contribution in [-0.4, -0.2) is 102 Å². The van der Waals surface area contributed by atoms with Gasteiger partial charge in [-0.2, -0.15) is 5.10 Å². The van der Waals surface area contributed by atoms with Crippen LogP contribution in [0.25, 0.3) is 11.0 Å². The predicted molar refractivity (Wildman–Crippen MR) is 133 cm³/mol. The van der Waals surface area contributed by atoms with Crippen LogP contribution in [-0.2, 0) is 11.8 Å². The van der Waals surface area contributed by atoms with E-state index in [-0.39, 0.29) is 11.9 Å². The summed E-state index contributed by atoms with van der Waals surface area (Å²) in [4.78, 5) is 25.4. The molecule has 1 N–H and O–H groups in total. The molecule has 34 heavy (non-hydrogen) atoms. The van der Waals surface area contributed by atoms with Crippen molar-refractivity contribution in [2.75, 3.05) is 70.5 Å². The van der Waals surface area contributed by atoms with Crippen LogP contribution in [0.5, 0.6) is 0 Å². The van der Waals surface area contributed by atoms with E-state index in [1.165, 1.54) is 25.7 Å². The molecule has 0 aliphatic carbocycles. The van der Waals surface area contributed by atoms with E-state index in [1.54, 1.807) is 4.68 Å². The molecule has 0 radical (unpaired) electrons. The van der Waals surface area contributed by atoms with Gasteiger partial charge in [0, 0.05) is 65.4 Å². The number of ether oxygens (including phenoxy) is 1. The fraction of sp³-hybridized carbons (Fsp3) is 0.720. The first kappa shape index (κ1) is 23.5. The van der Waals surface area contributed by atoms with Crippen LogP contribution in [0.15, 0.2) is 12.1 Å². The lowest BCUT2D eigenvalue weighted by molar-refractivity contribution is 0.0318. The quantitative estimate of drug-likeness (QED) is 0.692. The van der Waals surface area contributed by atoms with Crippen molar-refractivity contribution in [1.82, 2.24) is 29.9 Å². The first-order chi connectivity index (χ1) is 16.7. The average molecular weight is 470 g/mol. The summed E-state index contributed by atoms with van der Waals surface area (Å²) in [7, 11) is 1.88. The van der Waals surface area contributed by atoms with E-state index >= 15 is 0 Å². The highest BCUT2D eigenvalue weighted by atomic mass is 16.5. The molecule has 186 valence electrons. The molecule has 0 saturated carbocycles. The number of anilines is 1. The van der Waals surface area contributed by atoms with E-state index in [0.29, 0.717) is 5.69 Å². The first-order valence-corrected chi connectivity index (χ1v) is 13.1. The molecule has 3 aliphatic heterocycles. The summed E-state index contributed by atoms with van der Waals surface area (Å²) < 4.78 is 7.19. The van der Waals surface area contributed by atoms with Crippen LogP contribution < -0.4 is 10.2 Å². The van der Waals surface area contributed by atoms with Gasteiger partial charge in [-0.3, -0.25) is 9.69 Å². The molecule has 0 spiro atoms. The number of rotatable bonds is 6. The Labute approximate surface area is 202 Å². The third-order valence-electron chi connectivity index (χ3n) is 7.58. The maximum atomic E-state index is 13.1. The lowest BCUT2D eigenvalue weighted by Gasteiger charge is -2.34. The van der Waals surface area contributed by atoms with Crippen molar-refractivity contribution >= 4 is 22.8 Å². The Kier molecular flexibility index (Phi) is 7.61. The molecule has 0 aromatic carbocycles. The van der Waals surface area contributed by atoms with E-state index in [0.717, 1.165) is 95.3 Å². The number of morpholine rings is 1. The summed E-state index contributed by atoms with van der Waals surface area (Å²) in [6.45, 7) is 10.1. The standard InChI is InChI=1S/C25H39N7O2/c1-29-24-21(6-7-22(27-24)32-10-4-2-3-5-11-32)23(28-29)25(33)26-20-8-12-30(13-9-20)14-15-31-16-18-34-19-17-31/h6-7,20H,2-5,8-19H2,1H3,(H,26,33). The average Bonchev–Trinajstić information content (AvgIpc) is 3.03. The normalized spacial score (nSPS) is 21.6. The summed E-state index contributed by atoms with van der Waals surface area (Å²) in [5.41, 5.74) is 1.27. The van der Waals surface area contributed by atoms with E-state index in [4.69, 9.17) is 9.72 Å². The number of amides is 1. The number of nitrogens with one attached hydrogen (secondary N) is 1. The number of aryl methyl sites for hydroxylation is 1. The Morgan fingerprint density at radius 2 is 1.65 bits per heavy atom. The molecule has 5 rings (SSSR count). The maximum Gasteiger partial charge on any atom is 0.272 e. The van der Waals surface area contributed by atoms with E-state index < -0.39 is 0 Å². The van der Waals surface area contributed by atoms with Gasteiger partial charge in [-0.15, -0.1) is 0 Å². The molecular weight excluding hydrogens is 430 g/mol. The third kappa shape index (κ3) is 5.53. The summed E-state index contributed by atoms with van der Waals surface area (Å²) >= 11 is 0. The van der Waals surface area contributed by atoms with Gasteiger partial charge in [0.25, 0.3) is 5.91 Å². The third-order valence-corrected chi connectivity index (χ3v) is 7.58. The highest BCUT2D eigenvalue weighted by molar-refractivity contribution is 6.04. The molecular formula is C25H39N7O2. The van der Waals surface area contributed by atoms with E-state index in [1.807, 2.05) is 13.1 Å². The van der Waals surface area contributed by atoms with E-state index in [2.05, 4.69) is 31.2 Å². The molecule has 1 amide bonds. The van der Waals surface area contributed by atoms with E-state index in [9.17, 15) is 4.79 Å². The van der Waals surface area contributed by atoms with Crippen LogP contribution in [0.4, 0.5) is 5.82 Å². The topological polar surface area (TPSA) is 78.8 Å². The molecule has 0 atom stereocenters. The molecule has 0 unspecified atom stereocenters. The van der Waals surface area contributed by atoms with Gasteiger partial charge in [0.05, 0.1) is 18.6 Å². The molecule has 9 nitrogen and oxygen atoms in total. The van der Waals surface area contributed by atoms with Gasteiger partial charge in [0.1, 0.15) is 5.82 Å². The van der Waals surface area contributed by atoms with Crippen LogP contribution >= 0.6 is 0 Å². The largest absolute Gasteiger partial charge is 0.379 e. The number of hydrogen-bond donors (Lipinski definition) is 1. The lowest BCUT2D eigenvalue weighted by atomic mass is 10.0. The lowest BCUT2D eigenvalue weighted by Crippen LogP contribution is -2.47. The fourth-order valence-electron chi connectivity index (χ4n) is 5.43. The summed E-state index contributed by atoms with van der Waals surface area (Å²) in [6, 6.07) is 4.28. The van der Waals surface area contributed by atoms with Gasteiger partial charge in [-0.05, 0) is 37.8 Å². The molecule has 3 saturated heterocycles. The van der Waals surface area contributed by atoms with Gasteiger partial charge in [-0.25, -0.2) is 9.67 Å². The highest BCUT2D eigenvalue weighted by Gasteiger charge is 2.25. The number of hydrogen-bond acceptors (Lipinski definition) is 7. The molecule has 3 fully saturated rings. The van der Waals surface area contributed by atoms with Crippen LogP contribution in [0.2, 0.25) is 0 Å². The number of likely N-dealkylation sites (tertiary alicyclic amines) is 1.